The normalized spacial score (nSPS) is 18.2. The van der Waals surface area contributed by atoms with Gasteiger partial charge in [-0.1, -0.05) is 33.9 Å². The molecule has 0 amide bonds. The Bertz CT molecular complexity index is 513. The highest BCUT2D eigenvalue weighted by Crippen LogP contribution is 2.32. The number of likely N-dealkylation sites (N-methyl/N-ethyl adjacent to an activating group) is 1. The topological polar surface area (TPSA) is 82.1 Å². The number of benzene rings is 1. The van der Waals surface area contributed by atoms with Crippen LogP contribution in [0.1, 0.15) is 31.2 Å². The number of halogens is 1. The van der Waals surface area contributed by atoms with Crippen LogP contribution in [0.4, 0.5) is 5.69 Å². The van der Waals surface area contributed by atoms with Gasteiger partial charge >= 0.3 is 0 Å². The molecule has 0 aromatic heterocycles. The average molecular weight is 342 g/mol. The third-order valence-corrected chi connectivity index (χ3v) is 4.31. The Morgan fingerprint density at radius 1 is 1.45 bits per heavy atom. The number of nitrogens with two attached hydrogens (primary N) is 1. The largest absolute Gasteiger partial charge is 0.409 e. The van der Waals surface area contributed by atoms with Gasteiger partial charge < -0.3 is 20.9 Å². The van der Waals surface area contributed by atoms with Gasteiger partial charge in [0.2, 0.25) is 0 Å². The highest BCUT2D eigenvalue weighted by molar-refractivity contribution is 9.10. The van der Waals surface area contributed by atoms with Crippen LogP contribution in [0.3, 0.4) is 0 Å². The molecule has 1 aliphatic carbocycles. The molecule has 4 N–H and O–H groups in total. The summed E-state index contributed by atoms with van der Waals surface area (Å²) in [5.41, 5.74) is 6.58. The molecule has 0 radical (unpaired) electrons. The van der Waals surface area contributed by atoms with E-state index in [9.17, 15) is 5.11 Å². The maximum absolute atomic E-state index is 10.5. The fraction of sp³-hybridized carbons (Fsp3) is 0.500. The Morgan fingerprint density at radius 2 is 2.10 bits per heavy atom. The zero-order chi connectivity index (χ0) is 14.8. The molecular formula is C14H20BrN3O2. The van der Waals surface area contributed by atoms with E-state index in [0.29, 0.717) is 12.1 Å². The van der Waals surface area contributed by atoms with Gasteiger partial charge in [-0.25, -0.2) is 0 Å². The molecule has 20 heavy (non-hydrogen) atoms. The van der Waals surface area contributed by atoms with Gasteiger partial charge in [0.25, 0.3) is 0 Å². The molecule has 110 valence electrons. The van der Waals surface area contributed by atoms with Gasteiger partial charge in [0.15, 0.2) is 5.84 Å². The van der Waals surface area contributed by atoms with Crippen molar-refractivity contribution in [3.05, 3.63) is 28.2 Å². The molecular weight excluding hydrogens is 322 g/mol. The van der Waals surface area contributed by atoms with Gasteiger partial charge in [-0.3, -0.25) is 0 Å². The first-order chi connectivity index (χ1) is 9.45. The molecule has 1 aliphatic rings. The number of amidine groups is 1. The molecule has 1 aromatic rings. The number of anilines is 1. The highest BCUT2D eigenvalue weighted by Gasteiger charge is 2.32. The van der Waals surface area contributed by atoms with Crippen molar-refractivity contribution < 1.29 is 10.3 Å². The van der Waals surface area contributed by atoms with Crippen LogP contribution in [0.25, 0.3) is 0 Å². The van der Waals surface area contributed by atoms with Gasteiger partial charge in [-0.2, -0.15) is 0 Å². The van der Waals surface area contributed by atoms with Crippen LogP contribution in [0.5, 0.6) is 0 Å². The first-order valence-corrected chi connectivity index (χ1v) is 7.45. The molecule has 2 rings (SSSR count). The molecule has 1 fully saturated rings. The first-order valence-electron chi connectivity index (χ1n) is 6.66. The van der Waals surface area contributed by atoms with E-state index in [-0.39, 0.29) is 5.84 Å². The van der Waals surface area contributed by atoms with Crippen molar-refractivity contribution in [3.63, 3.8) is 0 Å². The molecule has 0 aliphatic heterocycles. The van der Waals surface area contributed by atoms with Crippen molar-refractivity contribution >= 4 is 27.5 Å². The Hall–Kier alpha value is -1.27. The number of nitrogens with zero attached hydrogens (tertiary/aromatic N) is 2. The van der Waals surface area contributed by atoms with Crippen molar-refractivity contribution in [1.82, 2.24) is 0 Å². The number of rotatable bonds is 4. The number of hydrogen-bond acceptors (Lipinski definition) is 4. The summed E-state index contributed by atoms with van der Waals surface area (Å²) in [4.78, 5) is 1.96. The van der Waals surface area contributed by atoms with E-state index >= 15 is 0 Å². The van der Waals surface area contributed by atoms with E-state index in [1.54, 1.807) is 6.07 Å². The average Bonchev–Trinajstić information content (AvgIpc) is 2.83. The fourth-order valence-corrected chi connectivity index (χ4v) is 3.18. The second-order valence-electron chi connectivity index (χ2n) is 5.43. The van der Waals surface area contributed by atoms with E-state index in [1.807, 2.05) is 24.1 Å². The zero-order valence-corrected chi connectivity index (χ0v) is 13.1. The molecule has 0 heterocycles. The summed E-state index contributed by atoms with van der Waals surface area (Å²) < 4.78 is 0.857. The zero-order valence-electron chi connectivity index (χ0n) is 11.5. The van der Waals surface area contributed by atoms with Gasteiger partial charge in [0.1, 0.15) is 0 Å². The number of aliphatic hydroxyl groups is 1. The Balaban J connectivity index is 2.27. The van der Waals surface area contributed by atoms with Crippen molar-refractivity contribution in [2.75, 3.05) is 18.5 Å². The minimum atomic E-state index is -0.635. The Kier molecular flexibility index (Phi) is 4.55. The summed E-state index contributed by atoms with van der Waals surface area (Å²) in [6.45, 7) is 0.542. The second-order valence-corrected chi connectivity index (χ2v) is 6.35. The van der Waals surface area contributed by atoms with E-state index in [0.717, 1.165) is 35.8 Å². The van der Waals surface area contributed by atoms with Crippen LogP contribution in [0.2, 0.25) is 0 Å². The van der Waals surface area contributed by atoms with Crippen LogP contribution >= 0.6 is 15.9 Å². The fourth-order valence-electron chi connectivity index (χ4n) is 2.82. The van der Waals surface area contributed by atoms with Crippen LogP contribution in [-0.4, -0.2) is 35.3 Å². The van der Waals surface area contributed by atoms with Crippen molar-refractivity contribution in [3.8, 4) is 0 Å². The highest BCUT2D eigenvalue weighted by atomic mass is 79.9. The lowest BCUT2D eigenvalue weighted by Gasteiger charge is -2.31. The minimum Gasteiger partial charge on any atom is -0.409 e. The van der Waals surface area contributed by atoms with Crippen molar-refractivity contribution in [1.29, 1.82) is 0 Å². The summed E-state index contributed by atoms with van der Waals surface area (Å²) in [7, 11) is 1.91. The van der Waals surface area contributed by atoms with Crippen molar-refractivity contribution in [2.45, 2.75) is 31.3 Å². The number of hydrogen-bond donors (Lipinski definition) is 3. The number of oxime groups is 1. The third kappa shape index (κ3) is 3.24. The molecule has 0 saturated heterocycles. The Morgan fingerprint density at radius 3 is 2.70 bits per heavy atom. The Labute approximate surface area is 127 Å². The maximum Gasteiger partial charge on any atom is 0.172 e. The maximum atomic E-state index is 10.5. The van der Waals surface area contributed by atoms with E-state index in [2.05, 4.69) is 21.1 Å². The van der Waals surface area contributed by atoms with E-state index in [1.165, 1.54) is 0 Å². The van der Waals surface area contributed by atoms with Crippen LogP contribution in [0, 0.1) is 0 Å². The van der Waals surface area contributed by atoms with Gasteiger partial charge in [0, 0.05) is 29.3 Å². The summed E-state index contributed by atoms with van der Waals surface area (Å²) >= 11 is 3.38. The first kappa shape index (κ1) is 15.1. The molecule has 6 heteroatoms. The summed E-state index contributed by atoms with van der Waals surface area (Å²) in [5, 5.41) is 22.5. The molecule has 0 bridgehead atoms. The van der Waals surface area contributed by atoms with Gasteiger partial charge in [-0.05, 0) is 31.0 Å². The van der Waals surface area contributed by atoms with E-state index in [4.69, 9.17) is 10.9 Å². The summed E-state index contributed by atoms with van der Waals surface area (Å²) in [6, 6.07) is 5.61. The molecule has 0 unspecified atom stereocenters. The molecule has 0 spiro atoms. The van der Waals surface area contributed by atoms with Crippen molar-refractivity contribution in [2.24, 2.45) is 10.9 Å². The SMILES string of the molecule is CN(CC1(O)CCCC1)c1ccc(Br)cc1/C(N)=N/O. The van der Waals surface area contributed by atoms with Gasteiger partial charge in [0.05, 0.1) is 5.60 Å². The standard InChI is InChI=1S/C14H20BrN3O2/c1-18(9-14(19)6-2-3-7-14)12-5-4-10(15)8-11(12)13(16)17-20/h4-5,8,19-20H,2-3,6-7,9H2,1H3,(H2,16,17). The van der Waals surface area contributed by atoms with Crippen LogP contribution in [0.15, 0.2) is 27.8 Å². The molecule has 0 atom stereocenters. The monoisotopic (exact) mass is 341 g/mol. The predicted molar refractivity (Wildman–Crippen MR) is 83.3 cm³/mol. The molecule has 5 nitrogen and oxygen atoms in total. The summed E-state index contributed by atoms with van der Waals surface area (Å²) in [6.07, 6.45) is 3.79. The van der Waals surface area contributed by atoms with Crippen LogP contribution in [-0.2, 0) is 0 Å². The second kappa shape index (κ2) is 6.01. The lowest BCUT2D eigenvalue weighted by molar-refractivity contribution is 0.0559. The lowest BCUT2D eigenvalue weighted by atomic mass is 10.0. The van der Waals surface area contributed by atoms with Crippen LogP contribution < -0.4 is 10.6 Å². The lowest BCUT2D eigenvalue weighted by Crippen LogP contribution is -2.40. The smallest absolute Gasteiger partial charge is 0.172 e. The molecule has 1 aromatic carbocycles. The summed E-state index contributed by atoms with van der Waals surface area (Å²) in [5.74, 6) is 0.0616. The quantitative estimate of drug-likeness (QED) is 0.339. The third-order valence-electron chi connectivity index (χ3n) is 3.82. The van der Waals surface area contributed by atoms with Gasteiger partial charge in [-0.15, -0.1) is 0 Å². The molecule has 1 saturated carbocycles. The predicted octanol–water partition coefficient (Wildman–Crippen LogP) is 2.28. The van der Waals surface area contributed by atoms with E-state index < -0.39 is 5.60 Å². The minimum absolute atomic E-state index is 0.0616.